The number of carbonyl (C=O) groups is 1. The molecule has 1 aromatic rings. The van der Waals surface area contributed by atoms with E-state index < -0.39 is 0 Å². The molecule has 0 unspecified atom stereocenters. The topological polar surface area (TPSA) is 55.6 Å². The molecule has 0 saturated carbocycles. The molecule has 0 spiro atoms. The van der Waals surface area contributed by atoms with Crippen molar-refractivity contribution in [1.29, 1.82) is 0 Å². The molecule has 4 heteroatoms. The van der Waals surface area contributed by atoms with Gasteiger partial charge in [-0.1, -0.05) is 13.0 Å². The number of nitrogen functional groups attached to an aromatic ring is 1. The van der Waals surface area contributed by atoms with Crippen molar-refractivity contribution in [3.63, 3.8) is 0 Å². The molecule has 2 N–H and O–H groups in total. The van der Waals surface area contributed by atoms with Gasteiger partial charge in [-0.2, -0.15) is 0 Å². The lowest BCUT2D eigenvalue weighted by Gasteiger charge is -2.31. The Kier molecular flexibility index (Phi) is 5.67. The molecule has 0 fully saturated rings. The molecular formula is C15H24N2O2. The largest absolute Gasteiger partial charge is 0.462 e. The van der Waals surface area contributed by atoms with E-state index in [1.165, 1.54) is 0 Å². The summed E-state index contributed by atoms with van der Waals surface area (Å²) in [5, 5.41) is 0. The predicted molar refractivity (Wildman–Crippen MR) is 79.6 cm³/mol. The van der Waals surface area contributed by atoms with E-state index >= 15 is 0 Å². The van der Waals surface area contributed by atoms with Gasteiger partial charge in [0.15, 0.2) is 0 Å². The summed E-state index contributed by atoms with van der Waals surface area (Å²) in [6.07, 6.45) is 0.995. The normalized spacial score (nSPS) is 10.6. The number of hydrogen-bond donors (Lipinski definition) is 1. The molecule has 1 rings (SSSR count). The van der Waals surface area contributed by atoms with Crippen LogP contribution < -0.4 is 10.6 Å². The minimum Gasteiger partial charge on any atom is -0.462 e. The van der Waals surface area contributed by atoms with Crippen LogP contribution in [0.1, 0.15) is 44.5 Å². The lowest BCUT2D eigenvalue weighted by atomic mass is 10.1. The first kappa shape index (κ1) is 15.3. The van der Waals surface area contributed by atoms with E-state index in [4.69, 9.17) is 10.5 Å². The first-order chi connectivity index (χ1) is 9.02. The predicted octanol–water partition coefficient (Wildman–Crippen LogP) is 3.07. The van der Waals surface area contributed by atoms with Crippen molar-refractivity contribution in [2.75, 3.05) is 23.8 Å². The molecule has 0 aliphatic heterocycles. The number of para-hydroxylation sites is 1. The van der Waals surface area contributed by atoms with Crippen LogP contribution >= 0.6 is 0 Å². The highest BCUT2D eigenvalue weighted by Crippen LogP contribution is 2.30. The number of hydrogen-bond acceptors (Lipinski definition) is 4. The highest BCUT2D eigenvalue weighted by Gasteiger charge is 2.21. The van der Waals surface area contributed by atoms with Gasteiger partial charge in [-0.15, -0.1) is 0 Å². The number of esters is 1. The molecule has 0 atom stereocenters. The highest BCUT2D eigenvalue weighted by atomic mass is 16.5. The molecule has 0 amide bonds. The quantitative estimate of drug-likeness (QED) is 0.633. The van der Waals surface area contributed by atoms with E-state index in [0.717, 1.165) is 18.7 Å². The second-order valence-electron chi connectivity index (χ2n) is 4.75. The number of nitrogens with two attached hydrogens (primary N) is 1. The molecule has 0 aliphatic carbocycles. The fourth-order valence-electron chi connectivity index (χ4n) is 2.12. The molecule has 1 aromatic carbocycles. The Bertz CT molecular complexity index is 430. The van der Waals surface area contributed by atoms with Gasteiger partial charge < -0.3 is 15.4 Å². The van der Waals surface area contributed by atoms with Crippen molar-refractivity contribution >= 4 is 17.3 Å². The zero-order valence-corrected chi connectivity index (χ0v) is 12.3. The zero-order chi connectivity index (χ0) is 14.4. The molecule has 106 valence electrons. The van der Waals surface area contributed by atoms with Crippen molar-refractivity contribution in [2.45, 2.75) is 40.2 Å². The summed E-state index contributed by atoms with van der Waals surface area (Å²) in [6.45, 7) is 9.32. The fourth-order valence-corrected chi connectivity index (χ4v) is 2.12. The minimum absolute atomic E-state index is 0.276. The van der Waals surface area contributed by atoms with Crippen molar-refractivity contribution in [1.82, 2.24) is 0 Å². The summed E-state index contributed by atoms with van der Waals surface area (Å²) in [6, 6.07) is 5.66. The monoisotopic (exact) mass is 264 g/mol. The van der Waals surface area contributed by atoms with Crippen LogP contribution in [0.15, 0.2) is 18.2 Å². The van der Waals surface area contributed by atoms with Crippen LogP contribution in [0.4, 0.5) is 11.4 Å². The second-order valence-corrected chi connectivity index (χ2v) is 4.75. The van der Waals surface area contributed by atoms with Crippen molar-refractivity contribution < 1.29 is 9.53 Å². The van der Waals surface area contributed by atoms with E-state index in [9.17, 15) is 4.79 Å². The molecule has 0 aromatic heterocycles. The Balaban J connectivity index is 3.26. The zero-order valence-electron chi connectivity index (χ0n) is 12.3. The van der Waals surface area contributed by atoms with Crippen LogP contribution in [-0.2, 0) is 4.74 Å². The van der Waals surface area contributed by atoms with Crippen LogP contribution in [0.5, 0.6) is 0 Å². The average Bonchev–Trinajstić information content (AvgIpc) is 2.36. The van der Waals surface area contributed by atoms with Gasteiger partial charge in [-0.25, -0.2) is 4.79 Å². The van der Waals surface area contributed by atoms with Crippen LogP contribution in [0, 0.1) is 0 Å². The molecule has 0 aliphatic rings. The summed E-state index contributed by atoms with van der Waals surface area (Å²) < 4.78 is 5.11. The van der Waals surface area contributed by atoms with Gasteiger partial charge in [0.2, 0.25) is 0 Å². The summed E-state index contributed by atoms with van der Waals surface area (Å²) in [5.41, 5.74) is 8.03. The molecule has 0 heterocycles. The summed E-state index contributed by atoms with van der Waals surface area (Å²) in [5.74, 6) is -0.313. The van der Waals surface area contributed by atoms with Crippen molar-refractivity contribution in [3.8, 4) is 0 Å². The lowest BCUT2D eigenvalue weighted by Crippen LogP contribution is -2.33. The fraction of sp³-hybridized carbons (Fsp3) is 0.533. The van der Waals surface area contributed by atoms with E-state index in [-0.39, 0.29) is 12.0 Å². The third-order valence-corrected chi connectivity index (χ3v) is 2.94. The van der Waals surface area contributed by atoms with Gasteiger partial charge >= 0.3 is 5.97 Å². The number of ether oxygens (including phenoxy) is 1. The summed E-state index contributed by atoms with van der Waals surface area (Å²) in [7, 11) is 0. The number of carbonyl (C=O) groups excluding carboxylic acids is 1. The van der Waals surface area contributed by atoms with Gasteiger partial charge in [0.05, 0.1) is 23.5 Å². The molecule has 0 bridgehead atoms. The molecule has 4 nitrogen and oxygen atoms in total. The number of rotatable bonds is 6. The van der Waals surface area contributed by atoms with Gasteiger partial charge in [0, 0.05) is 12.6 Å². The van der Waals surface area contributed by atoms with Gasteiger partial charge in [0.25, 0.3) is 0 Å². The molecule has 0 radical (unpaired) electrons. The maximum absolute atomic E-state index is 12.0. The second kappa shape index (κ2) is 7.02. The first-order valence-corrected chi connectivity index (χ1v) is 6.85. The maximum Gasteiger partial charge on any atom is 0.340 e. The summed E-state index contributed by atoms with van der Waals surface area (Å²) in [4.78, 5) is 14.2. The van der Waals surface area contributed by atoms with Crippen LogP contribution in [-0.4, -0.2) is 25.2 Å². The molecule has 19 heavy (non-hydrogen) atoms. The van der Waals surface area contributed by atoms with E-state index in [1.54, 1.807) is 19.1 Å². The van der Waals surface area contributed by atoms with Crippen molar-refractivity contribution in [3.05, 3.63) is 23.8 Å². The Morgan fingerprint density at radius 1 is 1.37 bits per heavy atom. The third kappa shape index (κ3) is 3.63. The van der Waals surface area contributed by atoms with Crippen LogP contribution in [0.3, 0.4) is 0 Å². The molecular weight excluding hydrogens is 240 g/mol. The average molecular weight is 264 g/mol. The van der Waals surface area contributed by atoms with Gasteiger partial charge in [-0.05, 0) is 39.3 Å². The minimum atomic E-state index is -0.313. The van der Waals surface area contributed by atoms with E-state index in [0.29, 0.717) is 17.9 Å². The third-order valence-electron chi connectivity index (χ3n) is 2.94. The Morgan fingerprint density at radius 2 is 2.05 bits per heavy atom. The number of benzene rings is 1. The van der Waals surface area contributed by atoms with E-state index in [1.807, 2.05) is 6.07 Å². The Morgan fingerprint density at radius 3 is 2.58 bits per heavy atom. The number of nitrogens with zero attached hydrogens (tertiary/aromatic N) is 1. The smallest absolute Gasteiger partial charge is 0.340 e. The van der Waals surface area contributed by atoms with Crippen molar-refractivity contribution in [2.24, 2.45) is 0 Å². The Hall–Kier alpha value is -1.71. The standard InChI is InChI=1S/C15H24N2O2/c1-5-10-17(11(3)4)14-12(15(18)19-6-2)8-7-9-13(14)16/h7-9,11H,5-6,10,16H2,1-4H3. The van der Waals surface area contributed by atoms with E-state index in [2.05, 4.69) is 25.7 Å². The van der Waals surface area contributed by atoms with Gasteiger partial charge in [-0.3, -0.25) is 0 Å². The van der Waals surface area contributed by atoms with Crippen LogP contribution in [0.25, 0.3) is 0 Å². The van der Waals surface area contributed by atoms with Gasteiger partial charge in [0.1, 0.15) is 0 Å². The maximum atomic E-state index is 12.0. The SMILES string of the molecule is CCCN(c1c(N)cccc1C(=O)OCC)C(C)C. The van der Waals surface area contributed by atoms with Crippen LogP contribution in [0.2, 0.25) is 0 Å². The molecule has 0 saturated heterocycles. The lowest BCUT2D eigenvalue weighted by molar-refractivity contribution is 0.0527. The first-order valence-electron chi connectivity index (χ1n) is 6.85. The highest BCUT2D eigenvalue weighted by molar-refractivity contribution is 5.99. The summed E-state index contributed by atoms with van der Waals surface area (Å²) >= 11 is 0. The Labute approximate surface area is 115 Å². The number of anilines is 2.